The Bertz CT molecular complexity index is 1070. The van der Waals surface area contributed by atoms with Crippen molar-refractivity contribution < 1.29 is 23.2 Å². The van der Waals surface area contributed by atoms with E-state index in [1.165, 1.54) is 4.90 Å². The second-order valence-corrected chi connectivity index (χ2v) is 12.5. The van der Waals surface area contributed by atoms with Gasteiger partial charge in [0.1, 0.15) is 18.3 Å². The molecule has 0 spiro atoms. The molecule has 1 saturated heterocycles. The number of aliphatic imine (C=N–C) groups is 1. The first-order valence-corrected chi connectivity index (χ1v) is 13.8. The number of rotatable bonds is 7. The number of nitrogens with zero attached hydrogens (tertiary/aromatic N) is 2. The molecular weight excluding hydrogens is 498 g/mol. The molecule has 7 nitrogen and oxygen atoms in total. The van der Waals surface area contributed by atoms with Crippen LogP contribution in [0.3, 0.4) is 0 Å². The predicted molar refractivity (Wildman–Crippen MR) is 141 cm³/mol. The van der Waals surface area contributed by atoms with Crippen LogP contribution in [-0.2, 0) is 14.4 Å². The summed E-state index contributed by atoms with van der Waals surface area (Å²) in [6.07, 6.45) is -1.27. The molecule has 37 heavy (non-hydrogen) atoms. The molecule has 1 aromatic carbocycles. The van der Waals surface area contributed by atoms with Crippen LogP contribution in [0.25, 0.3) is 0 Å². The molecule has 3 aliphatic rings. The number of amides is 3. The summed E-state index contributed by atoms with van der Waals surface area (Å²) in [5, 5.41) is 5.65. The van der Waals surface area contributed by atoms with Gasteiger partial charge in [0.2, 0.25) is 11.8 Å². The Balaban J connectivity index is 1.44. The lowest BCUT2D eigenvalue weighted by Crippen LogP contribution is -2.59. The first kappa shape index (κ1) is 27.5. The van der Waals surface area contributed by atoms with Gasteiger partial charge >= 0.3 is 0 Å². The Labute approximate surface area is 221 Å². The molecule has 0 aromatic heterocycles. The smallest absolute Gasteiger partial charge is 0.258 e. The monoisotopic (exact) mass is 534 g/mol. The molecule has 2 aliphatic heterocycles. The zero-order valence-electron chi connectivity index (χ0n) is 22.0. The van der Waals surface area contributed by atoms with Gasteiger partial charge in [-0.3, -0.25) is 19.4 Å². The molecule has 0 bridgehead atoms. The molecule has 3 amide bonds. The highest BCUT2D eigenvalue weighted by atomic mass is 32.2. The molecule has 2 N–H and O–H groups in total. The van der Waals surface area contributed by atoms with Crippen molar-refractivity contribution in [3.63, 3.8) is 0 Å². The number of nitrogens with one attached hydrogen (secondary N) is 2. The summed E-state index contributed by atoms with van der Waals surface area (Å²) < 4.78 is 29.3. The van der Waals surface area contributed by atoms with E-state index in [0.717, 1.165) is 11.1 Å². The third-order valence-electron chi connectivity index (χ3n) is 7.43. The van der Waals surface area contributed by atoms with Gasteiger partial charge in [0, 0.05) is 6.54 Å². The Kier molecular flexibility index (Phi) is 7.70. The topological polar surface area (TPSA) is 90.9 Å². The van der Waals surface area contributed by atoms with Gasteiger partial charge in [-0.25, -0.2) is 8.78 Å². The predicted octanol–water partition coefficient (Wildman–Crippen LogP) is 4.04. The second-order valence-electron chi connectivity index (χ2n) is 11.5. The summed E-state index contributed by atoms with van der Waals surface area (Å²) in [4.78, 5) is 44.7. The van der Waals surface area contributed by atoms with Crippen LogP contribution in [0.5, 0.6) is 0 Å². The van der Waals surface area contributed by atoms with Gasteiger partial charge in [0.25, 0.3) is 5.91 Å². The minimum Gasteiger partial charge on any atom is -0.348 e. The highest BCUT2D eigenvalue weighted by Gasteiger charge is 2.53. The van der Waals surface area contributed by atoms with Gasteiger partial charge < -0.3 is 15.5 Å². The van der Waals surface area contributed by atoms with Crippen molar-refractivity contribution in [2.75, 3.05) is 6.54 Å². The number of halogens is 2. The maximum atomic E-state index is 15.0. The molecule has 10 heteroatoms. The third-order valence-corrected chi connectivity index (χ3v) is 8.63. The van der Waals surface area contributed by atoms with E-state index >= 15 is 0 Å². The zero-order chi connectivity index (χ0) is 27.1. The molecule has 6 atom stereocenters. The molecule has 1 saturated carbocycles. The average Bonchev–Trinajstić information content (AvgIpc) is 3.25. The molecule has 5 unspecified atom stereocenters. The van der Waals surface area contributed by atoms with Gasteiger partial charge in [-0.15, -0.1) is 11.8 Å². The standard InChI is InChI=1S/C27H36F2N4O3S/c1-15(17-6-8-18(9-7-17)21-16(2)30-14-37-21)31-23(34)20-19(28)10-13-33(20)24(35)22(26(3,4)5)32-25(36)27(29)11-12-27/h6-9,14-16,19-22H,10-13H2,1-5H3,(H,31,34)(H,32,36)/t15?,16?,19-,20?,21?,22?/m0/s1. The molecule has 1 aromatic rings. The second kappa shape index (κ2) is 10.3. The number of hydrogen-bond acceptors (Lipinski definition) is 5. The van der Waals surface area contributed by atoms with E-state index < -0.39 is 53.1 Å². The Morgan fingerprint density at radius 1 is 1.16 bits per heavy atom. The van der Waals surface area contributed by atoms with Crippen LogP contribution in [0.15, 0.2) is 29.3 Å². The van der Waals surface area contributed by atoms with Gasteiger partial charge in [-0.2, -0.15) is 0 Å². The van der Waals surface area contributed by atoms with Gasteiger partial charge in [0.15, 0.2) is 5.67 Å². The molecule has 0 radical (unpaired) electrons. The average molecular weight is 535 g/mol. The van der Waals surface area contributed by atoms with E-state index in [1.54, 1.807) is 32.5 Å². The van der Waals surface area contributed by atoms with E-state index in [1.807, 2.05) is 36.7 Å². The largest absolute Gasteiger partial charge is 0.348 e. The lowest BCUT2D eigenvalue weighted by atomic mass is 9.85. The van der Waals surface area contributed by atoms with Crippen LogP contribution in [-0.4, -0.2) is 64.7 Å². The van der Waals surface area contributed by atoms with E-state index in [0.29, 0.717) is 0 Å². The Morgan fingerprint density at radius 3 is 2.35 bits per heavy atom. The fourth-order valence-electron chi connectivity index (χ4n) is 4.82. The number of hydrogen-bond donors (Lipinski definition) is 2. The van der Waals surface area contributed by atoms with Crippen molar-refractivity contribution in [1.82, 2.24) is 15.5 Å². The molecular formula is C27H36F2N4O3S. The Hall–Kier alpha value is -2.49. The van der Waals surface area contributed by atoms with Gasteiger partial charge in [-0.1, -0.05) is 45.0 Å². The van der Waals surface area contributed by atoms with E-state index in [-0.39, 0.29) is 37.1 Å². The van der Waals surface area contributed by atoms with Crippen molar-refractivity contribution in [2.45, 2.75) is 95.1 Å². The van der Waals surface area contributed by atoms with Crippen molar-refractivity contribution in [3.8, 4) is 0 Å². The SMILES string of the molecule is CC(NC(=O)C1[C@@H](F)CCN1C(=O)C(NC(=O)C1(F)CC1)C(C)(C)C)c1ccc(C2SC=NC2C)cc1. The van der Waals surface area contributed by atoms with Gasteiger partial charge in [0.05, 0.1) is 22.9 Å². The number of carbonyl (C=O) groups excluding carboxylic acids is 3. The molecule has 202 valence electrons. The summed E-state index contributed by atoms with van der Waals surface area (Å²) >= 11 is 1.67. The lowest BCUT2D eigenvalue weighted by molar-refractivity contribution is -0.145. The summed E-state index contributed by atoms with van der Waals surface area (Å²) in [7, 11) is 0. The Morgan fingerprint density at radius 2 is 1.81 bits per heavy atom. The molecule has 2 fully saturated rings. The minimum atomic E-state index is -1.94. The van der Waals surface area contributed by atoms with Crippen molar-refractivity contribution in [3.05, 3.63) is 35.4 Å². The quantitative estimate of drug-likeness (QED) is 0.553. The fraction of sp³-hybridized carbons (Fsp3) is 0.630. The first-order valence-electron chi connectivity index (χ1n) is 12.8. The van der Waals surface area contributed by atoms with Crippen LogP contribution < -0.4 is 10.6 Å². The molecule has 4 rings (SSSR count). The number of carbonyl (C=O) groups is 3. The van der Waals surface area contributed by atoms with E-state index in [2.05, 4.69) is 22.5 Å². The summed E-state index contributed by atoms with van der Waals surface area (Å²) in [5.74, 6) is -1.99. The summed E-state index contributed by atoms with van der Waals surface area (Å²) in [5.41, 5.74) is 1.16. The number of thioether (sulfide) groups is 1. The van der Waals surface area contributed by atoms with Gasteiger partial charge in [-0.05, 0) is 49.7 Å². The maximum absolute atomic E-state index is 15.0. The normalized spacial score (nSPS) is 28.0. The van der Waals surface area contributed by atoms with E-state index in [9.17, 15) is 23.2 Å². The van der Waals surface area contributed by atoms with Crippen molar-refractivity contribution in [2.24, 2.45) is 10.4 Å². The number of likely N-dealkylation sites (tertiary alicyclic amines) is 1. The zero-order valence-corrected chi connectivity index (χ0v) is 22.8. The van der Waals surface area contributed by atoms with E-state index in [4.69, 9.17) is 0 Å². The summed E-state index contributed by atoms with van der Waals surface area (Å²) in [6.45, 7) is 9.16. The van der Waals surface area contributed by atoms with Crippen LogP contribution in [0.4, 0.5) is 8.78 Å². The highest BCUT2D eigenvalue weighted by Crippen LogP contribution is 2.40. The maximum Gasteiger partial charge on any atom is 0.258 e. The lowest BCUT2D eigenvalue weighted by Gasteiger charge is -2.36. The fourth-order valence-corrected chi connectivity index (χ4v) is 5.83. The highest BCUT2D eigenvalue weighted by molar-refractivity contribution is 8.12. The minimum absolute atomic E-state index is 0.0179. The van der Waals surface area contributed by atoms with Crippen molar-refractivity contribution in [1.29, 1.82) is 0 Å². The number of benzene rings is 1. The van der Waals surface area contributed by atoms with Crippen LogP contribution in [0.2, 0.25) is 0 Å². The molecule has 1 aliphatic carbocycles. The van der Waals surface area contributed by atoms with Crippen LogP contribution >= 0.6 is 11.8 Å². The van der Waals surface area contributed by atoms with Crippen LogP contribution in [0.1, 0.15) is 76.3 Å². The molecule has 2 heterocycles. The summed E-state index contributed by atoms with van der Waals surface area (Å²) in [6, 6.07) is 5.29. The number of alkyl halides is 2. The van der Waals surface area contributed by atoms with Crippen LogP contribution in [0, 0.1) is 5.41 Å². The third kappa shape index (κ3) is 5.84. The first-order chi connectivity index (χ1) is 17.3. The van der Waals surface area contributed by atoms with Crippen molar-refractivity contribution >= 4 is 35.0 Å².